The van der Waals surface area contributed by atoms with E-state index in [1.807, 2.05) is 35.0 Å². The fraction of sp³-hybridized carbons (Fsp3) is 0.360. The molecule has 172 valence electrons. The summed E-state index contributed by atoms with van der Waals surface area (Å²) >= 11 is 0. The number of alkyl halides is 2. The van der Waals surface area contributed by atoms with Crippen molar-refractivity contribution in [2.45, 2.75) is 31.6 Å². The summed E-state index contributed by atoms with van der Waals surface area (Å²) in [6.45, 7) is 2.12. The fourth-order valence-electron chi connectivity index (χ4n) is 4.90. The summed E-state index contributed by atoms with van der Waals surface area (Å²) in [5, 5.41) is 3.53. The Hall–Kier alpha value is -3.26. The van der Waals surface area contributed by atoms with Crippen molar-refractivity contribution in [3.63, 3.8) is 0 Å². The van der Waals surface area contributed by atoms with Crippen LogP contribution in [0.2, 0.25) is 0 Å². The van der Waals surface area contributed by atoms with E-state index in [4.69, 9.17) is 0 Å². The largest absolute Gasteiger partial charge is 0.358 e. The van der Waals surface area contributed by atoms with Gasteiger partial charge in [-0.1, -0.05) is 6.07 Å². The number of benzene rings is 1. The molecular weight excluding hydrogens is 424 g/mol. The number of carbonyl (C=O) groups excluding carboxylic acids is 1. The van der Waals surface area contributed by atoms with Crippen LogP contribution in [0.15, 0.2) is 48.9 Å². The van der Waals surface area contributed by atoms with E-state index in [2.05, 4.69) is 32.3 Å². The Bertz CT molecular complexity index is 1290. The number of carbonyl (C=O) groups is 1. The number of amides is 1. The predicted octanol–water partition coefficient (Wildman–Crippen LogP) is 4.22. The zero-order valence-corrected chi connectivity index (χ0v) is 18.5. The maximum Gasteiger partial charge on any atom is 0.242 e. The van der Waals surface area contributed by atoms with E-state index < -0.39 is 6.43 Å². The standard InChI is InChI=1S/C25H27F2N5O/c1-28-24(33)15-31-8-4-16(5-9-31)17-2-3-21-19(12-17)20(14-22(26)27)25(30-21)18-6-10-32-11-7-29-23(32)13-18/h2-3,6-7,10-13,16,22,30H,4-5,8-9,14-15H2,1H3,(H,28,33). The van der Waals surface area contributed by atoms with Crippen LogP contribution in [0.3, 0.4) is 0 Å². The summed E-state index contributed by atoms with van der Waals surface area (Å²) in [4.78, 5) is 21.5. The van der Waals surface area contributed by atoms with Crippen molar-refractivity contribution in [2.75, 3.05) is 26.7 Å². The number of likely N-dealkylation sites (tertiary alicyclic amines) is 1. The van der Waals surface area contributed by atoms with Gasteiger partial charge in [0.2, 0.25) is 12.3 Å². The zero-order valence-electron chi connectivity index (χ0n) is 18.5. The molecule has 0 unspecified atom stereocenters. The number of fused-ring (bicyclic) bond motifs is 2. The van der Waals surface area contributed by atoms with Gasteiger partial charge in [0.05, 0.1) is 12.2 Å². The van der Waals surface area contributed by atoms with E-state index in [9.17, 15) is 13.6 Å². The summed E-state index contributed by atoms with van der Waals surface area (Å²) in [5.41, 5.74) is 5.04. The molecule has 1 aromatic carbocycles. The molecule has 1 aliphatic heterocycles. The summed E-state index contributed by atoms with van der Waals surface area (Å²) in [6, 6.07) is 10.0. The summed E-state index contributed by atoms with van der Waals surface area (Å²) < 4.78 is 29.1. The minimum absolute atomic E-state index is 0.0277. The molecule has 6 nitrogen and oxygen atoms in total. The molecule has 1 fully saturated rings. The van der Waals surface area contributed by atoms with Crippen molar-refractivity contribution in [2.24, 2.45) is 0 Å². The molecule has 1 saturated heterocycles. The number of H-pyrrole nitrogens is 1. The molecule has 4 aromatic rings. The molecule has 0 saturated carbocycles. The van der Waals surface area contributed by atoms with Gasteiger partial charge < -0.3 is 14.7 Å². The van der Waals surface area contributed by atoms with E-state index in [1.165, 1.54) is 5.56 Å². The van der Waals surface area contributed by atoms with Crippen molar-refractivity contribution in [3.8, 4) is 11.3 Å². The van der Waals surface area contributed by atoms with Gasteiger partial charge in [0, 0.05) is 48.5 Å². The number of aromatic amines is 1. The van der Waals surface area contributed by atoms with Gasteiger partial charge in [-0.2, -0.15) is 0 Å². The highest BCUT2D eigenvalue weighted by atomic mass is 19.3. The van der Waals surface area contributed by atoms with Crippen molar-refractivity contribution >= 4 is 22.5 Å². The Morgan fingerprint density at radius 1 is 1.21 bits per heavy atom. The molecule has 33 heavy (non-hydrogen) atoms. The summed E-state index contributed by atoms with van der Waals surface area (Å²) in [7, 11) is 1.65. The third-order valence-electron chi connectivity index (χ3n) is 6.68. The average Bonchev–Trinajstić information content (AvgIpc) is 3.43. The first-order valence-electron chi connectivity index (χ1n) is 11.3. The molecular formula is C25H27F2N5O. The number of rotatable bonds is 6. The third kappa shape index (κ3) is 4.35. The van der Waals surface area contributed by atoms with E-state index in [-0.39, 0.29) is 12.3 Å². The highest BCUT2D eigenvalue weighted by molar-refractivity contribution is 5.91. The normalized spacial score (nSPS) is 15.6. The van der Waals surface area contributed by atoms with Crippen molar-refractivity contribution < 1.29 is 13.6 Å². The van der Waals surface area contributed by atoms with E-state index in [0.29, 0.717) is 18.0 Å². The van der Waals surface area contributed by atoms with Crippen LogP contribution in [0.1, 0.15) is 29.9 Å². The van der Waals surface area contributed by atoms with Gasteiger partial charge in [-0.3, -0.25) is 9.69 Å². The molecule has 1 aliphatic rings. The first-order valence-corrected chi connectivity index (χ1v) is 11.3. The van der Waals surface area contributed by atoms with Crippen LogP contribution in [-0.4, -0.2) is 58.3 Å². The number of hydrogen-bond acceptors (Lipinski definition) is 3. The Labute approximate surface area is 190 Å². The Morgan fingerprint density at radius 3 is 2.79 bits per heavy atom. The highest BCUT2D eigenvalue weighted by Gasteiger charge is 2.24. The molecule has 0 spiro atoms. The minimum Gasteiger partial charge on any atom is -0.358 e. The molecule has 3 aromatic heterocycles. The van der Waals surface area contributed by atoms with Gasteiger partial charge in [0.1, 0.15) is 5.65 Å². The predicted molar refractivity (Wildman–Crippen MR) is 125 cm³/mol. The van der Waals surface area contributed by atoms with Gasteiger partial charge >= 0.3 is 0 Å². The first kappa shape index (κ1) is 21.6. The second-order valence-electron chi connectivity index (χ2n) is 8.71. The average molecular weight is 452 g/mol. The molecule has 0 aliphatic carbocycles. The number of imidazole rings is 1. The summed E-state index contributed by atoms with van der Waals surface area (Å²) in [5.74, 6) is 0.384. The minimum atomic E-state index is -2.44. The van der Waals surface area contributed by atoms with Gasteiger partial charge in [-0.15, -0.1) is 0 Å². The topological polar surface area (TPSA) is 65.4 Å². The maximum absolute atomic E-state index is 13.6. The van der Waals surface area contributed by atoms with Crippen LogP contribution in [0.25, 0.3) is 27.8 Å². The third-order valence-corrected chi connectivity index (χ3v) is 6.68. The number of nitrogens with one attached hydrogen (secondary N) is 2. The summed E-state index contributed by atoms with van der Waals surface area (Å²) in [6.07, 6.45) is 4.62. The quantitative estimate of drug-likeness (QED) is 0.462. The van der Waals surface area contributed by atoms with Crippen molar-refractivity contribution in [1.82, 2.24) is 24.6 Å². The van der Waals surface area contributed by atoms with Crippen molar-refractivity contribution in [3.05, 3.63) is 60.0 Å². The molecule has 2 N–H and O–H groups in total. The molecule has 8 heteroatoms. The van der Waals surface area contributed by atoms with E-state index in [1.54, 1.807) is 13.2 Å². The van der Waals surface area contributed by atoms with Gasteiger partial charge in [-0.05, 0) is 67.2 Å². The molecule has 0 radical (unpaired) electrons. The number of pyridine rings is 1. The smallest absolute Gasteiger partial charge is 0.242 e. The first-order chi connectivity index (χ1) is 16.0. The van der Waals surface area contributed by atoms with Crippen LogP contribution < -0.4 is 5.32 Å². The van der Waals surface area contributed by atoms with Crippen LogP contribution in [0, 0.1) is 0 Å². The monoisotopic (exact) mass is 451 g/mol. The maximum atomic E-state index is 13.6. The Morgan fingerprint density at radius 2 is 2.03 bits per heavy atom. The Kier molecular flexibility index (Phi) is 5.85. The van der Waals surface area contributed by atoms with Gasteiger partial charge in [0.25, 0.3) is 0 Å². The van der Waals surface area contributed by atoms with Crippen LogP contribution in [0.5, 0.6) is 0 Å². The lowest BCUT2D eigenvalue weighted by atomic mass is 9.88. The number of likely N-dealkylation sites (N-methyl/N-ethyl adjacent to an activating group) is 1. The zero-order chi connectivity index (χ0) is 22.9. The van der Waals surface area contributed by atoms with E-state index in [0.717, 1.165) is 53.7 Å². The number of hydrogen-bond donors (Lipinski definition) is 2. The fourth-order valence-corrected chi connectivity index (χ4v) is 4.90. The lowest BCUT2D eigenvalue weighted by Gasteiger charge is -2.31. The lowest BCUT2D eigenvalue weighted by Crippen LogP contribution is -2.40. The van der Waals surface area contributed by atoms with Crippen LogP contribution in [-0.2, 0) is 11.2 Å². The van der Waals surface area contributed by atoms with Crippen molar-refractivity contribution in [1.29, 1.82) is 0 Å². The van der Waals surface area contributed by atoms with Gasteiger partial charge in [-0.25, -0.2) is 13.8 Å². The molecule has 0 bridgehead atoms. The highest BCUT2D eigenvalue weighted by Crippen LogP contribution is 2.36. The molecule has 5 rings (SSSR count). The SMILES string of the molecule is CNC(=O)CN1CCC(c2ccc3[nH]c(-c4ccn5ccnc5c4)c(CC(F)F)c3c2)CC1. The number of halogens is 2. The van der Waals surface area contributed by atoms with E-state index >= 15 is 0 Å². The second kappa shape index (κ2) is 8.94. The van der Waals surface area contributed by atoms with Crippen LogP contribution >= 0.6 is 0 Å². The van der Waals surface area contributed by atoms with Gasteiger partial charge in [0.15, 0.2) is 0 Å². The number of aromatic nitrogens is 3. The Balaban J connectivity index is 1.47. The number of piperidine rings is 1. The molecule has 0 atom stereocenters. The lowest BCUT2D eigenvalue weighted by molar-refractivity contribution is -0.122. The molecule has 1 amide bonds. The second-order valence-corrected chi connectivity index (χ2v) is 8.71. The van der Waals surface area contributed by atoms with Crippen LogP contribution in [0.4, 0.5) is 8.78 Å². The molecule has 4 heterocycles. The number of nitrogens with zero attached hydrogens (tertiary/aromatic N) is 3.